The van der Waals surface area contributed by atoms with Gasteiger partial charge in [-0.2, -0.15) is 0 Å². The predicted molar refractivity (Wildman–Crippen MR) is 85.1 cm³/mol. The Hall–Kier alpha value is -1.38. The van der Waals surface area contributed by atoms with Crippen molar-refractivity contribution in [1.82, 2.24) is 5.32 Å². The summed E-state index contributed by atoms with van der Waals surface area (Å²) in [6, 6.07) is 17.2. The van der Waals surface area contributed by atoms with E-state index in [0.717, 1.165) is 19.5 Å². The van der Waals surface area contributed by atoms with Gasteiger partial charge in [0.15, 0.2) is 0 Å². The van der Waals surface area contributed by atoms with Gasteiger partial charge in [0.25, 0.3) is 0 Å². The van der Waals surface area contributed by atoms with E-state index in [4.69, 9.17) is 0 Å². The zero-order chi connectivity index (χ0) is 13.5. The van der Waals surface area contributed by atoms with E-state index >= 15 is 0 Å². The third kappa shape index (κ3) is 5.32. The molecule has 0 amide bonds. The number of nitrogens with one attached hydrogen (secondary N) is 1. The molecule has 2 aromatic carbocycles. The van der Waals surface area contributed by atoms with Crippen molar-refractivity contribution in [2.24, 2.45) is 0 Å². The van der Waals surface area contributed by atoms with Crippen LogP contribution in [0.15, 0.2) is 54.6 Å². The van der Waals surface area contributed by atoms with Crippen molar-refractivity contribution in [3.05, 3.63) is 71.5 Å². The second-order valence-electron chi connectivity index (χ2n) is 4.89. The average molecular weight is 294 g/mol. The molecule has 1 nitrogen and oxygen atoms in total. The van der Waals surface area contributed by atoms with E-state index in [1.165, 1.54) is 23.3 Å². The molecule has 0 aliphatic heterocycles. The quantitative estimate of drug-likeness (QED) is 0.788. The first-order valence-electron chi connectivity index (χ1n) is 6.76. The van der Waals surface area contributed by atoms with Crippen LogP contribution in [-0.4, -0.2) is 13.1 Å². The summed E-state index contributed by atoms with van der Waals surface area (Å²) in [5.74, 6) is 0.337. The predicted octanol–water partition coefficient (Wildman–Crippen LogP) is 4.18. The van der Waals surface area contributed by atoms with Gasteiger partial charge in [-0.25, -0.2) is 4.39 Å². The molecule has 0 fully saturated rings. The number of hydrogen-bond donors (Lipinski definition) is 1. The van der Waals surface area contributed by atoms with E-state index in [9.17, 15) is 4.39 Å². The van der Waals surface area contributed by atoms with Gasteiger partial charge in [-0.15, -0.1) is 12.4 Å². The monoisotopic (exact) mass is 293 g/mol. The molecule has 2 aromatic rings. The van der Waals surface area contributed by atoms with Crippen molar-refractivity contribution >= 4 is 12.4 Å². The number of rotatable bonds is 6. The minimum atomic E-state index is -0.172. The van der Waals surface area contributed by atoms with Gasteiger partial charge >= 0.3 is 0 Å². The van der Waals surface area contributed by atoms with Crippen LogP contribution in [0.3, 0.4) is 0 Å². The highest BCUT2D eigenvalue weighted by Gasteiger charge is 2.03. The third-order valence-corrected chi connectivity index (χ3v) is 3.32. The van der Waals surface area contributed by atoms with E-state index in [0.29, 0.717) is 5.92 Å². The lowest BCUT2D eigenvalue weighted by Crippen LogP contribution is -2.22. The summed E-state index contributed by atoms with van der Waals surface area (Å²) in [6.07, 6.45) is 0.932. The molecule has 1 atom stereocenters. The van der Waals surface area contributed by atoms with Crippen LogP contribution in [0.2, 0.25) is 0 Å². The van der Waals surface area contributed by atoms with Crippen LogP contribution in [0.1, 0.15) is 24.0 Å². The fraction of sp³-hybridized carbons (Fsp3) is 0.294. The van der Waals surface area contributed by atoms with Gasteiger partial charge in [0, 0.05) is 6.54 Å². The highest BCUT2D eigenvalue weighted by atomic mass is 35.5. The van der Waals surface area contributed by atoms with E-state index < -0.39 is 0 Å². The normalized spacial score (nSPS) is 11.7. The van der Waals surface area contributed by atoms with Gasteiger partial charge in [0.05, 0.1) is 0 Å². The first kappa shape index (κ1) is 16.7. The molecule has 0 aromatic heterocycles. The van der Waals surface area contributed by atoms with Crippen LogP contribution in [0.5, 0.6) is 0 Å². The average Bonchev–Trinajstić information content (AvgIpc) is 2.46. The Bertz CT molecular complexity index is 484. The molecule has 1 unspecified atom stereocenters. The lowest BCUT2D eigenvalue weighted by molar-refractivity contribution is 0.612. The summed E-state index contributed by atoms with van der Waals surface area (Å²) in [4.78, 5) is 0. The molecule has 0 radical (unpaired) electrons. The van der Waals surface area contributed by atoms with Gasteiger partial charge in [-0.1, -0.05) is 49.4 Å². The minimum Gasteiger partial charge on any atom is -0.316 e. The second-order valence-corrected chi connectivity index (χ2v) is 4.89. The van der Waals surface area contributed by atoms with Crippen molar-refractivity contribution in [1.29, 1.82) is 0 Å². The van der Waals surface area contributed by atoms with Crippen LogP contribution < -0.4 is 5.32 Å². The molecule has 0 aliphatic carbocycles. The zero-order valence-electron chi connectivity index (χ0n) is 11.7. The highest BCUT2D eigenvalue weighted by Crippen LogP contribution is 2.12. The highest BCUT2D eigenvalue weighted by molar-refractivity contribution is 5.85. The van der Waals surface area contributed by atoms with Crippen LogP contribution in [0.4, 0.5) is 4.39 Å². The Morgan fingerprint density at radius 2 is 1.65 bits per heavy atom. The van der Waals surface area contributed by atoms with E-state index in [1.807, 2.05) is 18.2 Å². The lowest BCUT2D eigenvalue weighted by atomic mass is 10.0. The molecule has 0 spiro atoms. The Labute approximate surface area is 126 Å². The number of halogens is 2. The SMILES string of the molecule is CC(CNCCc1ccc(F)cc1)c1ccccc1.Cl. The smallest absolute Gasteiger partial charge is 0.123 e. The van der Waals surface area contributed by atoms with Crippen LogP contribution >= 0.6 is 12.4 Å². The molecular weight excluding hydrogens is 273 g/mol. The molecular formula is C17H21ClFN. The van der Waals surface area contributed by atoms with E-state index in [1.54, 1.807) is 0 Å². The minimum absolute atomic E-state index is 0. The molecule has 0 bridgehead atoms. The summed E-state index contributed by atoms with van der Waals surface area (Å²) < 4.78 is 12.8. The standard InChI is InChI=1S/C17H20FN.ClH/c1-14(16-5-3-2-4-6-16)13-19-12-11-15-7-9-17(18)10-8-15;/h2-10,14,19H,11-13H2,1H3;1H. The van der Waals surface area contributed by atoms with Crippen LogP contribution in [0.25, 0.3) is 0 Å². The molecule has 0 heterocycles. The molecule has 0 saturated heterocycles. The molecule has 1 N–H and O–H groups in total. The van der Waals surface area contributed by atoms with Crippen LogP contribution in [0, 0.1) is 5.82 Å². The van der Waals surface area contributed by atoms with Crippen molar-refractivity contribution in [2.45, 2.75) is 19.3 Å². The summed E-state index contributed by atoms with van der Waals surface area (Å²) in [7, 11) is 0. The molecule has 20 heavy (non-hydrogen) atoms. The molecule has 0 saturated carbocycles. The van der Waals surface area contributed by atoms with E-state index in [2.05, 4.69) is 36.5 Å². The Kier molecular flexibility index (Phi) is 7.27. The van der Waals surface area contributed by atoms with Crippen molar-refractivity contribution in [3.8, 4) is 0 Å². The maximum Gasteiger partial charge on any atom is 0.123 e. The zero-order valence-corrected chi connectivity index (χ0v) is 12.5. The maximum atomic E-state index is 12.8. The topological polar surface area (TPSA) is 12.0 Å². The Balaban J connectivity index is 0.00000200. The third-order valence-electron chi connectivity index (χ3n) is 3.32. The van der Waals surface area contributed by atoms with Crippen molar-refractivity contribution < 1.29 is 4.39 Å². The summed E-state index contributed by atoms with van der Waals surface area (Å²) in [5, 5.41) is 3.45. The Morgan fingerprint density at radius 1 is 1.00 bits per heavy atom. The van der Waals surface area contributed by atoms with Crippen molar-refractivity contribution in [2.75, 3.05) is 13.1 Å². The maximum absolute atomic E-state index is 12.8. The number of benzene rings is 2. The van der Waals surface area contributed by atoms with Gasteiger partial charge in [-0.3, -0.25) is 0 Å². The summed E-state index contributed by atoms with van der Waals surface area (Å²) in [6.45, 7) is 4.11. The second kappa shape index (κ2) is 8.72. The van der Waals surface area contributed by atoms with E-state index in [-0.39, 0.29) is 18.2 Å². The van der Waals surface area contributed by atoms with Crippen molar-refractivity contribution in [3.63, 3.8) is 0 Å². The molecule has 2 rings (SSSR count). The van der Waals surface area contributed by atoms with Gasteiger partial charge in [0.1, 0.15) is 5.82 Å². The molecule has 3 heteroatoms. The Morgan fingerprint density at radius 3 is 2.30 bits per heavy atom. The van der Waals surface area contributed by atoms with Crippen LogP contribution in [-0.2, 0) is 6.42 Å². The first-order chi connectivity index (χ1) is 9.25. The largest absolute Gasteiger partial charge is 0.316 e. The summed E-state index contributed by atoms with van der Waals surface area (Å²) in [5.41, 5.74) is 2.53. The first-order valence-corrected chi connectivity index (χ1v) is 6.76. The molecule has 108 valence electrons. The van der Waals surface area contributed by atoms with Gasteiger partial charge in [0.2, 0.25) is 0 Å². The fourth-order valence-electron chi connectivity index (χ4n) is 2.10. The van der Waals surface area contributed by atoms with Gasteiger partial charge in [-0.05, 0) is 42.1 Å². The van der Waals surface area contributed by atoms with Gasteiger partial charge < -0.3 is 5.32 Å². The fourth-order valence-corrected chi connectivity index (χ4v) is 2.10. The summed E-state index contributed by atoms with van der Waals surface area (Å²) >= 11 is 0. The lowest BCUT2D eigenvalue weighted by Gasteiger charge is -2.13. The number of hydrogen-bond acceptors (Lipinski definition) is 1. The molecule has 0 aliphatic rings.